The van der Waals surface area contributed by atoms with E-state index in [-0.39, 0.29) is 5.92 Å². The zero-order valence-corrected chi connectivity index (χ0v) is 9.85. The monoisotopic (exact) mass is 246 g/mol. The summed E-state index contributed by atoms with van der Waals surface area (Å²) < 4.78 is 5.25. The van der Waals surface area contributed by atoms with Crippen molar-refractivity contribution in [3.05, 3.63) is 23.4 Å². The maximum atomic E-state index is 8.55. The van der Waals surface area contributed by atoms with Crippen molar-refractivity contribution in [3.63, 3.8) is 0 Å². The fourth-order valence-corrected chi connectivity index (χ4v) is 2.51. The standard InChI is InChI=1S/C11H10N4OS/c12-3-4-15-6-8(7-15)11-13-10(14-16-11)9-2-1-5-17-9/h1-2,5,8H,4,6-7H2. The van der Waals surface area contributed by atoms with Crippen molar-refractivity contribution in [2.45, 2.75) is 5.92 Å². The lowest BCUT2D eigenvalue weighted by molar-refractivity contribution is 0.142. The summed E-state index contributed by atoms with van der Waals surface area (Å²) in [6.45, 7) is 2.14. The van der Waals surface area contributed by atoms with Crippen LogP contribution in [0.5, 0.6) is 0 Å². The minimum Gasteiger partial charge on any atom is -0.339 e. The van der Waals surface area contributed by atoms with Crippen molar-refractivity contribution in [1.29, 1.82) is 5.26 Å². The smallest absolute Gasteiger partial charge is 0.232 e. The fourth-order valence-electron chi connectivity index (χ4n) is 1.86. The number of rotatable bonds is 3. The maximum Gasteiger partial charge on any atom is 0.232 e. The number of nitriles is 1. The van der Waals surface area contributed by atoms with Gasteiger partial charge in [-0.05, 0) is 11.4 Å². The van der Waals surface area contributed by atoms with E-state index in [2.05, 4.69) is 21.1 Å². The SMILES string of the molecule is N#CCN1CC(c2nc(-c3cccs3)no2)C1. The second-order valence-corrected chi connectivity index (χ2v) is 4.93. The van der Waals surface area contributed by atoms with Crippen molar-refractivity contribution in [2.24, 2.45) is 0 Å². The first-order valence-electron chi connectivity index (χ1n) is 5.33. The van der Waals surface area contributed by atoms with Gasteiger partial charge < -0.3 is 4.52 Å². The molecule has 2 aromatic rings. The summed E-state index contributed by atoms with van der Waals surface area (Å²) in [6.07, 6.45) is 0. The first-order chi connectivity index (χ1) is 8.36. The van der Waals surface area contributed by atoms with E-state index < -0.39 is 0 Å². The van der Waals surface area contributed by atoms with E-state index in [1.54, 1.807) is 11.3 Å². The van der Waals surface area contributed by atoms with Crippen molar-refractivity contribution in [2.75, 3.05) is 19.6 Å². The highest BCUT2D eigenvalue weighted by atomic mass is 32.1. The van der Waals surface area contributed by atoms with Crippen LogP contribution in [-0.2, 0) is 0 Å². The van der Waals surface area contributed by atoms with Gasteiger partial charge in [-0.2, -0.15) is 10.2 Å². The van der Waals surface area contributed by atoms with Crippen LogP contribution in [0.2, 0.25) is 0 Å². The Hall–Kier alpha value is -1.71. The van der Waals surface area contributed by atoms with Gasteiger partial charge in [0.05, 0.1) is 23.4 Å². The van der Waals surface area contributed by atoms with Crippen LogP contribution in [0.25, 0.3) is 10.7 Å². The maximum absolute atomic E-state index is 8.55. The van der Waals surface area contributed by atoms with Crippen molar-refractivity contribution in [1.82, 2.24) is 15.0 Å². The van der Waals surface area contributed by atoms with E-state index >= 15 is 0 Å². The van der Waals surface area contributed by atoms with Crippen molar-refractivity contribution >= 4 is 11.3 Å². The molecule has 0 bridgehead atoms. The molecule has 17 heavy (non-hydrogen) atoms. The largest absolute Gasteiger partial charge is 0.339 e. The molecular formula is C11H10N4OS. The number of aromatic nitrogens is 2. The summed E-state index contributed by atoms with van der Waals surface area (Å²) >= 11 is 1.60. The summed E-state index contributed by atoms with van der Waals surface area (Å²) in [5.74, 6) is 1.63. The second-order valence-electron chi connectivity index (χ2n) is 3.98. The van der Waals surface area contributed by atoms with Crippen LogP contribution < -0.4 is 0 Å². The highest BCUT2D eigenvalue weighted by Crippen LogP contribution is 2.28. The predicted molar refractivity (Wildman–Crippen MR) is 62.4 cm³/mol. The molecule has 1 fully saturated rings. The van der Waals surface area contributed by atoms with Crippen LogP contribution in [0, 0.1) is 11.3 Å². The molecule has 0 aliphatic carbocycles. The molecule has 1 saturated heterocycles. The Kier molecular flexibility index (Phi) is 2.63. The van der Waals surface area contributed by atoms with Gasteiger partial charge in [-0.15, -0.1) is 11.3 Å². The molecule has 3 heterocycles. The molecule has 1 aliphatic rings. The van der Waals surface area contributed by atoms with Gasteiger partial charge in [-0.3, -0.25) is 4.90 Å². The summed E-state index contributed by atoms with van der Waals surface area (Å²) in [4.78, 5) is 7.47. The topological polar surface area (TPSA) is 66.0 Å². The molecule has 3 rings (SSSR count). The minimum absolute atomic E-state index is 0.282. The number of hydrogen-bond donors (Lipinski definition) is 0. The van der Waals surface area contributed by atoms with Crippen LogP contribution in [0.15, 0.2) is 22.0 Å². The molecule has 0 saturated carbocycles. The first-order valence-corrected chi connectivity index (χ1v) is 6.21. The van der Waals surface area contributed by atoms with Crippen molar-refractivity contribution < 1.29 is 4.52 Å². The third-order valence-electron chi connectivity index (χ3n) is 2.78. The Balaban J connectivity index is 1.69. The summed E-state index contributed by atoms with van der Waals surface area (Å²) in [7, 11) is 0. The van der Waals surface area contributed by atoms with Crippen LogP contribution in [0.3, 0.4) is 0 Å². The van der Waals surface area contributed by atoms with E-state index in [0.29, 0.717) is 18.3 Å². The third kappa shape index (κ3) is 1.95. The zero-order chi connectivity index (χ0) is 11.7. The number of likely N-dealkylation sites (tertiary alicyclic amines) is 1. The highest BCUT2D eigenvalue weighted by molar-refractivity contribution is 7.13. The normalized spacial score (nSPS) is 16.6. The molecule has 0 N–H and O–H groups in total. The molecule has 0 aromatic carbocycles. The molecule has 6 heteroatoms. The van der Waals surface area contributed by atoms with E-state index in [9.17, 15) is 0 Å². The Morgan fingerprint density at radius 3 is 3.18 bits per heavy atom. The molecule has 0 unspecified atom stereocenters. The number of thiophene rings is 1. The van der Waals surface area contributed by atoms with Gasteiger partial charge in [0.25, 0.3) is 0 Å². The molecule has 86 valence electrons. The first kappa shape index (κ1) is 10.4. The quantitative estimate of drug-likeness (QED) is 0.771. The van der Waals surface area contributed by atoms with Crippen LogP contribution >= 0.6 is 11.3 Å². The Morgan fingerprint density at radius 2 is 2.47 bits per heavy atom. The molecule has 0 spiro atoms. The number of nitrogens with zero attached hydrogens (tertiary/aromatic N) is 4. The van der Waals surface area contributed by atoms with Crippen LogP contribution in [0.4, 0.5) is 0 Å². The van der Waals surface area contributed by atoms with Gasteiger partial charge in [0.15, 0.2) is 0 Å². The fraction of sp³-hybridized carbons (Fsp3) is 0.364. The average Bonchev–Trinajstić information content (AvgIpc) is 2.92. The van der Waals surface area contributed by atoms with E-state index in [4.69, 9.17) is 9.78 Å². The molecule has 2 aromatic heterocycles. The van der Waals surface area contributed by atoms with Gasteiger partial charge in [0, 0.05) is 13.1 Å². The molecular weight excluding hydrogens is 236 g/mol. The van der Waals surface area contributed by atoms with E-state index in [0.717, 1.165) is 18.0 Å². The summed E-state index contributed by atoms with van der Waals surface area (Å²) in [6, 6.07) is 6.07. The Morgan fingerprint density at radius 1 is 1.59 bits per heavy atom. The van der Waals surface area contributed by atoms with Gasteiger partial charge in [0.1, 0.15) is 0 Å². The van der Waals surface area contributed by atoms with Gasteiger partial charge in [0.2, 0.25) is 11.7 Å². The highest BCUT2D eigenvalue weighted by Gasteiger charge is 2.32. The molecule has 0 atom stereocenters. The van der Waals surface area contributed by atoms with E-state index in [1.807, 2.05) is 17.5 Å². The van der Waals surface area contributed by atoms with Crippen molar-refractivity contribution in [3.8, 4) is 16.8 Å². The van der Waals surface area contributed by atoms with E-state index in [1.165, 1.54) is 0 Å². The predicted octanol–water partition coefficient (Wildman–Crippen LogP) is 1.72. The summed E-state index contributed by atoms with van der Waals surface area (Å²) in [5.41, 5.74) is 0. The van der Waals surface area contributed by atoms with Gasteiger partial charge in [-0.25, -0.2) is 0 Å². The zero-order valence-electron chi connectivity index (χ0n) is 9.04. The van der Waals surface area contributed by atoms with Crippen LogP contribution in [-0.4, -0.2) is 34.7 Å². The lowest BCUT2D eigenvalue weighted by Gasteiger charge is -2.34. The molecule has 0 radical (unpaired) electrons. The Labute approximate surface area is 102 Å². The summed E-state index contributed by atoms with van der Waals surface area (Å²) in [5, 5.41) is 14.5. The lowest BCUT2D eigenvalue weighted by atomic mass is 10.0. The number of hydrogen-bond acceptors (Lipinski definition) is 6. The molecule has 5 nitrogen and oxygen atoms in total. The molecule has 1 aliphatic heterocycles. The third-order valence-corrected chi connectivity index (χ3v) is 3.65. The second kappa shape index (κ2) is 4.28. The van der Waals surface area contributed by atoms with Gasteiger partial charge in [-0.1, -0.05) is 11.2 Å². The molecule has 0 amide bonds. The van der Waals surface area contributed by atoms with Crippen LogP contribution in [0.1, 0.15) is 11.8 Å². The average molecular weight is 246 g/mol. The van der Waals surface area contributed by atoms with Gasteiger partial charge >= 0.3 is 0 Å². The lowest BCUT2D eigenvalue weighted by Crippen LogP contribution is -2.45. The Bertz CT molecular complexity index is 536. The minimum atomic E-state index is 0.282.